The summed E-state index contributed by atoms with van der Waals surface area (Å²) in [5.74, 6) is 1.17. The van der Waals surface area contributed by atoms with Crippen LogP contribution in [0.25, 0.3) is 0 Å². The van der Waals surface area contributed by atoms with E-state index in [0.29, 0.717) is 41.1 Å². The van der Waals surface area contributed by atoms with Gasteiger partial charge >= 0.3 is 0 Å². The highest BCUT2D eigenvalue weighted by Gasteiger charge is 2.33. The molecule has 2 fully saturated rings. The number of carbonyl (C=O) groups excluding carboxylic acids is 1. The van der Waals surface area contributed by atoms with Gasteiger partial charge in [0.1, 0.15) is 12.4 Å². The quantitative estimate of drug-likeness (QED) is 0.446. The first kappa shape index (κ1) is 28.3. The number of fused-ring (bicyclic) bond motifs is 1. The van der Waals surface area contributed by atoms with Crippen LogP contribution in [-0.4, -0.2) is 120 Å². The summed E-state index contributed by atoms with van der Waals surface area (Å²) in [6.45, 7) is 8.02. The number of carbonyl (C=O) groups is 1. The largest absolute Gasteiger partial charge is 0.497 e. The van der Waals surface area contributed by atoms with Gasteiger partial charge in [0.2, 0.25) is 15.9 Å². The highest BCUT2D eigenvalue weighted by Crippen LogP contribution is 2.32. The number of piperazine rings is 1. The minimum absolute atomic E-state index is 0.0200. The van der Waals surface area contributed by atoms with Gasteiger partial charge in [-0.1, -0.05) is 0 Å². The van der Waals surface area contributed by atoms with Crippen molar-refractivity contribution in [1.82, 2.24) is 19.0 Å². The van der Waals surface area contributed by atoms with Gasteiger partial charge in [-0.3, -0.25) is 9.69 Å². The number of likely N-dealkylation sites (N-methyl/N-ethyl adjacent to an activating group) is 2. The highest BCUT2D eigenvalue weighted by molar-refractivity contribution is 7.89. The third kappa shape index (κ3) is 6.84. The average molecular weight is 537 g/mol. The first-order chi connectivity index (χ1) is 17.7. The molecule has 0 aromatic heterocycles. The van der Waals surface area contributed by atoms with Crippen LogP contribution in [0.2, 0.25) is 0 Å². The molecule has 1 amide bonds. The van der Waals surface area contributed by atoms with Crippen molar-refractivity contribution in [1.29, 1.82) is 0 Å². The van der Waals surface area contributed by atoms with Crippen LogP contribution in [0, 0.1) is 12.8 Å². The van der Waals surface area contributed by atoms with Crippen molar-refractivity contribution in [3.63, 3.8) is 0 Å². The molecule has 0 bridgehead atoms. The van der Waals surface area contributed by atoms with Gasteiger partial charge < -0.3 is 19.3 Å². The monoisotopic (exact) mass is 536 g/mol. The van der Waals surface area contributed by atoms with Gasteiger partial charge in [0.05, 0.1) is 18.6 Å². The van der Waals surface area contributed by atoms with Gasteiger partial charge in [0.25, 0.3) is 0 Å². The fourth-order valence-electron chi connectivity index (χ4n) is 6.01. The summed E-state index contributed by atoms with van der Waals surface area (Å²) in [5, 5.41) is 0. The lowest BCUT2D eigenvalue weighted by atomic mass is 9.84. The predicted octanol–water partition coefficient (Wildman–Crippen LogP) is 1.83. The molecule has 1 aromatic rings. The number of ether oxygens (including phenoxy) is 2. The molecule has 3 aliphatic rings. The SMILES string of the molecule is COc1cc(C)c2c(c1)CCN(CCOCC(=O)N(C)C[C@H]1CC[C@H](N3CCN(C)CC3)CC1)S2(=O)=O. The smallest absolute Gasteiger partial charge is 0.248 e. The van der Waals surface area contributed by atoms with E-state index in [1.54, 1.807) is 31.1 Å². The Labute approximate surface area is 222 Å². The van der Waals surface area contributed by atoms with Crippen LogP contribution in [0.15, 0.2) is 17.0 Å². The predicted molar refractivity (Wildman–Crippen MR) is 143 cm³/mol. The van der Waals surface area contributed by atoms with Crippen molar-refractivity contribution in [3.8, 4) is 5.75 Å². The molecular weight excluding hydrogens is 492 g/mol. The summed E-state index contributed by atoms with van der Waals surface area (Å²) < 4.78 is 38.7. The molecule has 2 heterocycles. The van der Waals surface area contributed by atoms with E-state index < -0.39 is 10.0 Å². The van der Waals surface area contributed by atoms with Crippen molar-refractivity contribution < 1.29 is 22.7 Å². The van der Waals surface area contributed by atoms with E-state index in [9.17, 15) is 13.2 Å². The molecule has 2 aliphatic heterocycles. The number of amides is 1. The molecule has 1 aromatic carbocycles. The summed E-state index contributed by atoms with van der Waals surface area (Å²) in [6, 6.07) is 4.25. The molecule has 0 spiro atoms. The Morgan fingerprint density at radius 2 is 1.78 bits per heavy atom. The topological polar surface area (TPSA) is 82.6 Å². The lowest BCUT2D eigenvalue weighted by Crippen LogP contribution is -2.50. The maximum atomic E-state index is 13.2. The van der Waals surface area contributed by atoms with E-state index in [1.807, 2.05) is 7.05 Å². The third-order valence-corrected chi connectivity index (χ3v) is 10.5. The van der Waals surface area contributed by atoms with Crippen LogP contribution >= 0.6 is 0 Å². The van der Waals surface area contributed by atoms with Crippen LogP contribution in [0.1, 0.15) is 36.8 Å². The Kier molecular flexibility index (Phi) is 9.50. The molecule has 9 nitrogen and oxygen atoms in total. The number of nitrogens with zero attached hydrogens (tertiary/aromatic N) is 4. The number of sulfonamides is 1. The van der Waals surface area contributed by atoms with E-state index >= 15 is 0 Å². The standard InChI is InChI=1S/C27H44N4O5S/c1-21-17-25(35-4)18-23-9-10-31(37(33,34)27(21)23)15-16-36-20-26(32)29(3)19-22-5-7-24(8-6-22)30-13-11-28(2)12-14-30/h17-18,22,24H,5-16,19-20H2,1-4H3/t22-,24-. The lowest BCUT2D eigenvalue weighted by molar-refractivity contribution is -0.135. The Morgan fingerprint density at radius 3 is 2.46 bits per heavy atom. The molecule has 10 heteroatoms. The van der Waals surface area contributed by atoms with Crippen molar-refractivity contribution in [2.45, 2.75) is 50.0 Å². The van der Waals surface area contributed by atoms with Gasteiger partial charge in [-0.15, -0.1) is 0 Å². The average Bonchev–Trinajstić information content (AvgIpc) is 2.87. The summed E-state index contributed by atoms with van der Waals surface area (Å²) >= 11 is 0. The Bertz CT molecular complexity index is 1030. The molecule has 1 saturated heterocycles. The number of hydrogen-bond acceptors (Lipinski definition) is 7. The molecule has 4 rings (SSSR count). The molecule has 0 N–H and O–H groups in total. The zero-order chi connectivity index (χ0) is 26.6. The zero-order valence-corrected chi connectivity index (χ0v) is 23.8. The summed E-state index contributed by atoms with van der Waals surface area (Å²) in [4.78, 5) is 19.9. The first-order valence-corrected chi connectivity index (χ1v) is 15.0. The van der Waals surface area contributed by atoms with Gasteiger partial charge in [-0.2, -0.15) is 4.31 Å². The van der Waals surface area contributed by atoms with E-state index in [-0.39, 0.29) is 25.7 Å². The minimum atomic E-state index is -3.59. The Hall–Kier alpha value is -1.72. The van der Waals surface area contributed by atoms with Crippen molar-refractivity contribution in [2.75, 3.05) is 80.2 Å². The van der Waals surface area contributed by atoms with Crippen LogP contribution in [0.4, 0.5) is 0 Å². The van der Waals surface area contributed by atoms with E-state index in [1.165, 1.54) is 30.2 Å². The lowest BCUT2D eigenvalue weighted by Gasteiger charge is -2.41. The number of rotatable bonds is 9. The van der Waals surface area contributed by atoms with Crippen molar-refractivity contribution in [2.24, 2.45) is 5.92 Å². The molecule has 0 unspecified atom stereocenters. The van der Waals surface area contributed by atoms with Gasteiger partial charge in [0, 0.05) is 58.9 Å². The molecule has 208 valence electrons. The molecule has 0 radical (unpaired) electrons. The van der Waals surface area contributed by atoms with E-state index in [0.717, 1.165) is 38.0 Å². The van der Waals surface area contributed by atoms with Crippen molar-refractivity contribution in [3.05, 3.63) is 23.3 Å². The van der Waals surface area contributed by atoms with Crippen molar-refractivity contribution >= 4 is 15.9 Å². The van der Waals surface area contributed by atoms with Gasteiger partial charge in [0.15, 0.2) is 0 Å². The number of aryl methyl sites for hydroxylation is 1. The van der Waals surface area contributed by atoms with Crippen LogP contribution in [0.5, 0.6) is 5.75 Å². The third-order valence-electron chi connectivity index (χ3n) is 8.33. The normalized spacial score (nSPS) is 25.0. The Balaban J connectivity index is 1.17. The molecular formula is C27H44N4O5S. The maximum absolute atomic E-state index is 13.2. The summed E-state index contributed by atoms with van der Waals surface area (Å²) in [5.41, 5.74) is 1.48. The highest BCUT2D eigenvalue weighted by atomic mass is 32.2. The summed E-state index contributed by atoms with van der Waals surface area (Å²) in [6.07, 6.45) is 5.38. The fourth-order valence-corrected chi connectivity index (χ4v) is 7.88. The minimum Gasteiger partial charge on any atom is -0.497 e. The van der Waals surface area contributed by atoms with Crippen LogP contribution < -0.4 is 4.74 Å². The molecule has 37 heavy (non-hydrogen) atoms. The number of benzene rings is 1. The Morgan fingerprint density at radius 1 is 1.08 bits per heavy atom. The molecule has 0 atom stereocenters. The number of methoxy groups -OCH3 is 1. The first-order valence-electron chi connectivity index (χ1n) is 13.6. The van der Waals surface area contributed by atoms with E-state index in [4.69, 9.17) is 9.47 Å². The van der Waals surface area contributed by atoms with Gasteiger partial charge in [-0.05, 0) is 75.3 Å². The second-order valence-electron chi connectivity index (χ2n) is 10.9. The van der Waals surface area contributed by atoms with Crippen LogP contribution in [0.3, 0.4) is 0 Å². The maximum Gasteiger partial charge on any atom is 0.248 e. The molecule has 1 saturated carbocycles. The zero-order valence-electron chi connectivity index (χ0n) is 22.9. The van der Waals surface area contributed by atoms with Crippen LogP contribution in [-0.2, 0) is 26.0 Å². The van der Waals surface area contributed by atoms with E-state index in [2.05, 4.69) is 16.8 Å². The second kappa shape index (κ2) is 12.4. The van der Waals surface area contributed by atoms with Gasteiger partial charge in [-0.25, -0.2) is 8.42 Å². The second-order valence-corrected chi connectivity index (χ2v) is 12.8. The number of hydrogen-bond donors (Lipinski definition) is 0. The summed E-state index contributed by atoms with van der Waals surface area (Å²) in [7, 11) is 2.03. The molecule has 1 aliphatic carbocycles. The fraction of sp³-hybridized carbons (Fsp3) is 0.741.